The molecule has 154 valence electrons. The minimum Gasteiger partial charge on any atom is -0.504 e. The van der Waals surface area contributed by atoms with E-state index in [1.54, 1.807) is 18.2 Å². The molecule has 0 amide bonds. The number of benzene rings is 3. The third-order valence-corrected chi connectivity index (χ3v) is 5.98. The molecule has 0 spiro atoms. The summed E-state index contributed by atoms with van der Waals surface area (Å²) >= 11 is 9.32. The lowest BCUT2D eigenvalue weighted by Gasteiger charge is -2.30. The summed E-state index contributed by atoms with van der Waals surface area (Å²) in [5, 5.41) is 16.9. The van der Waals surface area contributed by atoms with E-state index in [-0.39, 0.29) is 23.8 Å². The number of halogens is 3. The second kappa shape index (κ2) is 8.68. The van der Waals surface area contributed by atoms with Crippen LogP contribution in [0.2, 0.25) is 5.02 Å². The van der Waals surface area contributed by atoms with Crippen molar-refractivity contribution in [3.05, 3.63) is 98.7 Å². The van der Waals surface area contributed by atoms with E-state index < -0.39 is 0 Å². The molecule has 2 atom stereocenters. The minimum absolute atomic E-state index is 0.105. The average molecular weight is 491 g/mol. The number of para-hydroxylation sites is 1. The second-order valence-electron chi connectivity index (χ2n) is 7.00. The molecular weight excluding hydrogens is 471 g/mol. The maximum absolute atomic E-state index is 13.8. The molecule has 3 aromatic rings. The van der Waals surface area contributed by atoms with E-state index in [1.165, 1.54) is 13.2 Å². The van der Waals surface area contributed by atoms with Gasteiger partial charge in [0.2, 0.25) is 0 Å². The molecule has 1 aliphatic rings. The number of rotatable bonds is 4. The molecule has 1 heterocycles. The molecule has 0 bridgehead atoms. The van der Waals surface area contributed by atoms with Crippen LogP contribution in [0.4, 0.5) is 4.39 Å². The molecule has 4 nitrogen and oxygen atoms in total. The summed E-state index contributed by atoms with van der Waals surface area (Å²) in [6.07, 6.45) is 1.85. The van der Waals surface area contributed by atoms with E-state index in [4.69, 9.17) is 16.3 Å². The molecule has 0 aliphatic carbocycles. The fraction of sp³-hybridized carbons (Fsp3) is 0.130. The van der Waals surface area contributed by atoms with Gasteiger partial charge in [-0.3, -0.25) is 0 Å². The van der Waals surface area contributed by atoms with Crippen LogP contribution < -0.4 is 15.4 Å². The van der Waals surface area contributed by atoms with E-state index in [1.807, 2.05) is 42.5 Å². The van der Waals surface area contributed by atoms with Gasteiger partial charge in [0.1, 0.15) is 11.9 Å². The number of hydrogen-bond acceptors (Lipinski definition) is 3. The van der Waals surface area contributed by atoms with Gasteiger partial charge in [-0.1, -0.05) is 29.8 Å². The first-order chi connectivity index (χ1) is 14.5. The number of phenols is 1. The molecule has 30 heavy (non-hydrogen) atoms. The number of hydrogen-bond donors (Lipinski definition) is 3. The number of quaternary nitrogens is 1. The first-order valence-corrected chi connectivity index (χ1v) is 10.5. The summed E-state index contributed by atoms with van der Waals surface area (Å²) < 4.78 is 19.5. The monoisotopic (exact) mass is 489 g/mol. The van der Waals surface area contributed by atoms with Gasteiger partial charge in [-0.05, 0) is 64.0 Å². The Balaban J connectivity index is 1.78. The molecule has 0 saturated heterocycles. The standard InChI is InChI=1S/C23H19BrClFN2O2/c1-30-21-4-2-3-16(22(21)29)20-12-19(13-5-8-15(25)9-6-13)27-23(28-20)14-7-10-18(26)17(24)11-14/h2-12,20,23,27-29H,1H3/p+1. The Labute approximate surface area is 187 Å². The van der Waals surface area contributed by atoms with Crippen LogP contribution in [0, 0.1) is 5.82 Å². The number of aromatic hydroxyl groups is 1. The molecule has 3 aromatic carbocycles. The van der Waals surface area contributed by atoms with Crippen LogP contribution in [-0.4, -0.2) is 12.2 Å². The number of nitrogens with two attached hydrogens (primary N) is 1. The van der Waals surface area contributed by atoms with Crippen molar-refractivity contribution in [2.75, 3.05) is 7.11 Å². The summed E-state index contributed by atoms with van der Waals surface area (Å²) in [5.74, 6) is 0.209. The van der Waals surface area contributed by atoms with Gasteiger partial charge in [-0.2, -0.15) is 0 Å². The predicted octanol–water partition coefficient (Wildman–Crippen LogP) is 4.90. The van der Waals surface area contributed by atoms with Crippen LogP contribution in [0.25, 0.3) is 5.70 Å². The van der Waals surface area contributed by atoms with Crippen molar-refractivity contribution in [1.82, 2.24) is 5.32 Å². The highest BCUT2D eigenvalue weighted by Gasteiger charge is 2.30. The number of phenolic OH excluding ortho intramolecular Hbond substituents is 1. The third kappa shape index (κ3) is 4.17. The van der Waals surface area contributed by atoms with Crippen molar-refractivity contribution >= 4 is 33.2 Å². The van der Waals surface area contributed by atoms with Gasteiger partial charge in [0.25, 0.3) is 0 Å². The lowest BCUT2D eigenvalue weighted by molar-refractivity contribution is -0.731. The molecule has 4 rings (SSSR count). The molecule has 4 N–H and O–H groups in total. The van der Waals surface area contributed by atoms with E-state index in [9.17, 15) is 9.50 Å². The van der Waals surface area contributed by atoms with Crippen molar-refractivity contribution in [3.63, 3.8) is 0 Å². The van der Waals surface area contributed by atoms with Crippen molar-refractivity contribution in [3.8, 4) is 11.5 Å². The first-order valence-electron chi connectivity index (χ1n) is 9.36. The Morgan fingerprint density at radius 1 is 1.13 bits per heavy atom. The molecule has 7 heteroatoms. The van der Waals surface area contributed by atoms with Gasteiger partial charge in [0.15, 0.2) is 17.7 Å². The molecule has 1 aliphatic heterocycles. The molecular formula is C23H20BrClFN2O2+. The van der Waals surface area contributed by atoms with Gasteiger partial charge >= 0.3 is 0 Å². The zero-order valence-corrected chi connectivity index (χ0v) is 18.4. The van der Waals surface area contributed by atoms with Gasteiger partial charge in [0, 0.05) is 22.4 Å². The van der Waals surface area contributed by atoms with Crippen LogP contribution in [0.1, 0.15) is 28.9 Å². The largest absolute Gasteiger partial charge is 0.504 e. The Bertz CT molecular complexity index is 1100. The van der Waals surface area contributed by atoms with Crippen LogP contribution in [0.3, 0.4) is 0 Å². The maximum atomic E-state index is 13.8. The smallest absolute Gasteiger partial charge is 0.186 e. The Kier molecular flexibility index (Phi) is 5.99. The van der Waals surface area contributed by atoms with Crippen molar-refractivity contribution in [2.45, 2.75) is 12.2 Å². The van der Waals surface area contributed by atoms with Crippen molar-refractivity contribution in [1.29, 1.82) is 0 Å². The third-order valence-electron chi connectivity index (χ3n) is 5.12. The van der Waals surface area contributed by atoms with E-state index in [0.29, 0.717) is 15.2 Å². The molecule has 2 unspecified atom stereocenters. The molecule has 0 saturated carbocycles. The normalized spacial score (nSPS) is 18.5. The summed E-state index contributed by atoms with van der Waals surface area (Å²) in [5.41, 5.74) is 3.49. The SMILES string of the molecule is COc1cccc(C2C=C(c3ccc(Cl)cc3)NC(c3ccc(F)c(Br)c3)[NH2+]2)c1O. The van der Waals surface area contributed by atoms with Crippen molar-refractivity contribution in [2.24, 2.45) is 0 Å². The summed E-state index contributed by atoms with van der Waals surface area (Å²) in [7, 11) is 1.53. The van der Waals surface area contributed by atoms with Crippen molar-refractivity contribution < 1.29 is 19.6 Å². The Morgan fingerprint density at radius 2 is 1.90 bits per heavy atom. The van der Waals surface area contributed by atoms with E-state index in [2.05, 4.69) is 26.6 Å². The topological polar surface area (TPSA) is 58.1 Å². The van der Waals surface area contributed by atoms with Crippen LogP contribution in [-0.2, 0) is 0 Å². The molecule has 0 fully saturated rings. The first kappa shape index (κ1) is 20.7. The van der Waals surface area contributed by atoms with Gasteiger partial charge < -0.3 is 20.5 Å². The van der Waals surface area contributed by atoms with Gasteiger partial charge in [0.05, 0.1) is 17.1 Å². The number of ether oxygens (including phenoxy) is 1. The Hall–Kier alpha value is -2.54. The maximum Gasteiger partial charge on any atom is 0.186 e. The number of nitrogens with one attached hydrogen (secondary N) is 1. The summed E-state index contributed by atoms with van der Waals surface area (Å²) in [6.45, 7) is 0. The average Bonchev–Trinajstić information content (AvgIpc) is 2.76. The summed E-state index contributed by atoms with van der Waals surface area (Å²) in [6, 6.07) is 17.7. The lowest BCUT2D eigenvalue weighted by Crippen LogP contribution is -2.89. The zero-order chi connectivity index (χ0) is 21.3. The lowest BCUT2D eigenvalue weighted by atomic mass is 9.97. The second-order valence-corrected chi connectivity index (χ2v) is 8.29. The minimum atomic E-state index is -0.315. The van der Waals surface area contributed by atoms with Gasteiger partial charge in [-0.25, -0.2) is 4.39 Å². The fourth-order valence-electron chi connectivity index (χ4n) is 3.58. The Morgan fingerprint density at radius 3 is 2.60 bits per heavy atom. The molecule has 0 radical (unpaired) electrons. The highest BCUT2D eigenvalue weighted by Crippen LogP contribution is 2.35. The van der Waals surface area contributed by atoms with Crippen LogP contribution in [0.5, 0.6) is 11.5 Å². The number of methoxy groups -OCH3 is 1. The van der Waals surface area contributed by atoms with E-state index >= 15 is 0 Å². The highest BCUT2D eigenvalue weighted by atomic mass is 79.9. The van der Waals surface area contributed by atoms with E-state index in [0.717, 1.165) is 22.4 Å². The zero-order valence-electron chi connectivity index (χ0n) is 16.1. The van der Waals surface area contributed by atoms with Gasteiger partial charge in [-0.15, -0.1) is 0 Å². The predicted molar refractivity (Wildman–Crippen MR) is 119 cm³/mol. The summed E-state index contributed by atoms with van der Waals surface area (Å²) in [4.78, 5) is 0. The highest BCUT2D eigenvalue weighted by molar-refractivity contribution is 9.10. The van der Waals surface area contributed by atoms with Crippen LogP contribution in [0.15, 0.2) is 71.2 Å². The molecule has 0 aromatic heterocycles. The quantitative estimate of drug-likeness (QED) is 0.487. The fourth-order valence-corrected chi connectivity index (χ4v) is 4.10. The van der Waals surface area contributed by atoms with Crippen LogP contribution >= 0.6 is 27.5 Å².